The maximum absolute atomic E-state index is 12.6. The Bertz CT molecular complexity index is 1140. The molecule has 0 atom stereocenters. The van der Waals surface area contributed by atoms with E-state index in [-0.39, 0.29) is 12.5 Å². The van der Waals surface area contributed by atoms with Gasteiger partial charge < -0.3 is 14.2 Å². The molecule has 3 rings (SSSR count). The second-order valence-electron chi connectivity index (χ2n) is 8.10. The van der Waals surface area contributed by atoms with Crippen LogP contribution in [0, 0.1) is 5.92 Å². The van der Waals surface area contributed by atoms with Crippen LogP contribution in [0.4, 0.5) is 10.8 Å². The molecule has 1 heterocycles. The molecule has 0 bridgehead atoms. The fourth-order valence-corrected chi connectivity index (χ4v) is 4.16. The first-order valence-electron chi connectivity index (χ1n) is 11.1. The Hall–Kier alpha value is -3.39. The minimum absolute atomic E-state index is 0.00950. The van der Waals surface area contributed by atoms with Gasteiger partial charge in [-0.25, -0.2) is 9.78 Å². The predicted molar refractivity (Wildman–Crippen MR) is 133 cm³/mol. The topological polar surface area (TPSA) is 78.0 Å². The van der Waals surface area contributed by atoms with Crippen molar-refractivity contribution in [3.05, 3.63) is 64.7 Å². The summed E-state index contributed by atoms with van der Waals surface area (Å²) in [7, 11) is 1.53. The van der Waals surface area contributed by atoms with E-state index in [1.54, 1.807) is 28.5 Å². The van der Waals surface area contributed by atoms with E-state index in [0.29, 0.717) is 40.4 Å². The van der Waals surface area contributed by atoms with Gasteiger partial charge in [0.2, 0.25) is 5.91 Å². The Morgan fingerprint density at radius 3 is 2.56 bits per heavy atom. The number of aromatic nitrogens is 1. The molecule has 0 aliphatic rings. The molecule has 0 spiro atoms. The molecule has 0 saturated carbocycles. The van der Waals surface area contributed by atoms with Crippen molar-refractivity contribution in [3.63, 3.8) is 0 Å². The van der Waals surface area contributed by atoms with Gasteiger partial charge in [0, 0.05) is 12.3 Å². The summed E-state index contributed by atoms with van der Waals surface area (Å²) in [6.07, 6.45) is 0.792. The van der Waals surface area contributed by atoms with E-state index in [2.05, 4.69) is 18.8 Å². The van der Waals surface area contributed by atoms with Crippen LogP contribution in [0.3, 0.4) is 0 Å². The fourth-order valence-electron chi connectivity index (χ4n) is 3.29. The monoisotopic (exact) mass is 482 g/mol. The van der Waals surface area contributed by atoms with Gasteiger partial charge in [-0.2, -0.15) is 0 Å². The van der Waals surface area contributed by atoms with Gasteiger partial charge in [0.05, 0.1) is 30.7 Å². The van der Waals surface area contributed by atoms with Gasteiger partial charge in [-0.15, -0.1) is 11.3 Å². The highest BCUT2D eigenvalue weighted by atomic mass is 32.1. The lowest BCUT2D eigenvalue weighted by Gasteiger charge is -2.20. The molecule has 0 radical (unpaired) electrons. The van der Waals surface area contributed by atoms with E-state index in [9.17, 15) is 9.59 Å². The van der Waals surface area contributed by atoms with Gasteiger partial charge in [0.25, 0.3) is 0 Å². The molecule has 180 valence electrons. The van der Waals surface area contributed by atoms with Crippen LogP contribution in [0.2, 0.25) is 0 Å². The average Bonchev–Trinajstić information content (AvgIpc) is 3.29. The standard InChI is InChI=1S/C26H30N2O5S/c1-6-19-9-7-8-10-22(19)28(18(4)29)26-27-21(16-34-26)15-33-25(30)20-11-12-23(24(13-20)31-5)32-14-17(2)3/h7-13,16-17H,6,14-15H2,1-5H3. The van der Waals surface area contributed by atoms with Gasteiger partial charge >= 0.3 is 5.97 Å². The largest absolute Gasteiger partial charge is 0.493 e. The zero-order valence-corrected chi connectivity index (χ0v) is 21.0. The highest BCUT2D eigenvalue weighted by Gasteiger charge is 2.21. The van der Waals surface area contributed by atoms with Crippen LogP contribution in [0.5, 0.6) is 11.5 Å². The van der Waals surface area contributed by atoms with Crippen LogP contribution >= 0.6 is 11.3 Å². The van der Waals surface area contributed by atoms with Gasteiger partial charge in [0.1, 0.15) is 6.61 Å². The Kier molecular flexibility index (Phi) is 8.65. The number of esters is 1. The molecule has 0 aliphatic heterocycles. The Labute approximate surface area is 204 Å². The summed E-state index contributed by atoms with van der Waals surface area (Å²) < 4.78 is 16.6. The molecule has 1 amide bonds. The number of aryl methyl sites for hydroxylation is 1. The van der Waals surface area contributed by atoms with E-state index < -0.39 is 5.97 Å². The number of amides is 1. The zero-order chi connectivity index (χ0) is 24.7. The van der Waals surface area contributed by atoms with E-state index in [0.717, 1.165) is 17.7 Å². The smallest absolute Gasteiger partial charge is 0.338 e. The molecule has 0 saturated heterocycles. The van der Waals surface area contributed by atoms with Crippen molar-refractivity contribution >= 4 is 34.0 Å². The summed E-state index contributed by atoms with van der Waals surface area (Å²) in [5, 5.41) is 2.32. The van der Waals surface area contributed by atoms with Gasteiger partial charge in [-0.3, -0.25) is 9.69 Å². The zero-order valence-electron chi connectivity index (χ0n) is 20.2. The number of rotatable bonds is 10. The molecular weight excluding hydrogens is 452 g/mol. The molecule has 2 aromatic carbocycles. The van der Waals surface area contributed by atoms with Crippen LogP contribution in [0.25, 0.3) is 0 Å². The van der Waals surface area contributed by atoms with Crippen LogP contribution in [0.1, 0.15) is 49.3 Å². The van der Waals surface area contributed by atoms with E-state index in [4.69, 9.17) is 14.2 Å². The van der Waals surface area contributed by atoms with Crippen molar-refractivity contribution in [2.24, 2.45) is 5.92 Å². The van der Waals surface area contributed by atoms with Crippen molar-refractivity contribution in [1.29, 1.82) is 0 Å². The van der Waals surface area contributed by atoms with Crippen molar-refractivity contribution < 1.29 is 23.8 Å². The van der Waals surface area contributed by atoms with Crippen LogP contribution in [-0.2, 0) is 22.6 Å². The normalized spacial score (nSPS) is 10.8. The van der Waals surface area contributed by atoms with E-state index >= 15 is 0 Å². The molecule has 0 N–H and O–H groups in total. The second-order valence-corrected chi connectivity index (χ2v) is 8.94. The van der Waals surface area contributed by atoms with E-state index in [1.165, 1.54) is 25.4 Å². The number of hydrogen-bond donors (Lipinski definition) is 0. The molecule has 34 heavy (non-hydrogen) atoms. The lowest BCUT2D eigenvalue weighted by molar-refractivity contribution is -0.115. The van der Waals surface area contributed by atoms with Crippen LogP contribution in [-0.4, -0.2) is 30.6 Å². The molecule has 8 heteroatoms. The molecule has 7 nitrogen and oxygen atoms in total. The molecule has 0 unspecified atom stereocenters. The first-order chi connectivity index (χ1) is 16.3. The number of ether oxygens (including phenoxy) is 3. The fraction of sp³-hybridized carbons (Fsp3) is 0.346. The highest BCUT2D eigenvalue weighted by molar-refractivity contribution is 7.14. The first-order valence-corrected chi connectivity index (χ1v) is 12.0. The third-order valence-corrected chi connectivity index (χ3v) is 5.86. The van der Waals surface area contributed by atoms with Gasteiger partial charge in [-0.1, -0.05) is 39.0 Å². The third kappa shape index (κ3) is 6.14. The average molecular weight is 483 g/mol. The Morgan fingerprint density at radius 1 is 1.12 bits per heavy atom. The lowest BCUT2D eigenvalue weighted by Crippen LogP contribution is -2.23. The molecule has 3 aromatic rings. The maximum atomic E-state index is 12.6. The van der Waals surface area contributed by atoms with Crippen LogP contribution < -0.4 is 14.4 Å². The van der Waals surface area contributed by atoms with Gasteiger partial charge in [-0.05, 0) is 42.2 Å². The molecule has 0 aliphatic carbocycles. The minimum atomic E-state index is -0.497. The molecular formula is C26H30N2O5S. The van der Waals surface area contributed by atoms with Crippen molar-refractivity contribution in [3.8, 4) is 11.5 Å². The number of methoxy groups -OCH3 is 1. The van der Waals surface area contributed by atoms with Gasteiger partial charge in [0.15, 0.2) is 16.6 Å². The second kappa shape index (κ2) is 11.7. The Morgan fingerprint density at radius 2 is 1.88 bits per heavy atom. The van der Waals surface area contributed by atoms with Crippen LogP contribution in [0.15, 0.2) is 47.8 Å². The molecule has 1 aromatic heterocycles. The summed E-state index contributed by atoms with van der Waals surface area (Å²) in [5.41, 5.74) is 2.78. The summed E-state index contributed by atoms with van der Waals surface area (Å²) in [6.45, 7) is 8.20. The predicted octanol–water partition coefficient (Wildman–Crippen LogP) is 5.79. The van der Waals surface area contributed by atoms with E-state index in [1.807, 2.05) is 31.2 Å². The molecule has 0 fully saturated rings. The van der Waals surface area contributed by atoms with Crippen molar-refractivity contribution in [1.82, 2.24) is 4.98 Å². The summed E-state index contributed by atoms with van der Waals surface area (Å²) in [6, 6.07) is 12.7. The number of hydrogen-bond acceptors (Lipinski definition) is 7. The number of thiazole rings is 1. The summed E-state index contributed by atoms with van der Waals surface area (Å²) in [4.78, 5) is 31.2. The third-order valence-electron chi connectivity index (χ3n) is 4.98. The highest BCUT2D eigenvalue weighted by Crippen LogP contribution is 2.32. The number of para-hydroxylation sites is 1. The SMILES string of the molecule is CCc1ccccc1N(C(C)=O)c1nc(COC(=O)c2ccc(OCC(C)C)c(OC)c2)cs1. The summed E-state index contributed by atoms with van der Waals surface area (Å²) >= 11 is 1.33. The number of anilines is 2. The maximum Gasteiger partial charge on any atom is 0.338 e. The Balaban J connectivity index is 1.70. The number of nitrogens with zero attached hydrogens (tertiary/aromatic N) is 2. The number of carbonyl (C=O) groups excluding carboxylic acids is 2. The quantitative estimate of drug-likeness (QED) is 0.340. The van der Waals surface area contributed by atoms with Crippen molar-refractivity contribution in [2.75, 3.05) is 18.6 Å². The van der Waals surface area contributed by atoms with Crippen molar-refractivity contribution in [2.45, 2.75) is 40.7 Å². The summed E-state index contributed by atoms with van der Waals surface area (Å²) in [5.74, 6) is 0.784. The number of carbonyl (C=O) groups is 2. The first kappa shape index (κ1) is 25.2. The number of benzene rings is 2. The lowest BCUT2D eigenvalue weighted by atomic mass is 10.1. The minimum Gasteiger partial charge on any atom is -0.493 e.